The highest BCUT2D eigenvalue weighted by Crippen LogP contribution is 2.27. The van der Waals surface area contributed by atoms with Gasteiger partial charge in [-0.2, -0.15) is 0 Å². The highest BCUT2D eigenvalue weighted by atomic mass is 79.9. The maximum Gasteiger partial charge on any atom is 0.118 e. The molecule has 0 aromatic heterocycles. The van der Waals surface area contributed by atoms with E-state index >= 15 is 0 Å². The van der Waals surface area contributed by atoms with E-state index in [0.717, 1.165) is 38.5 Å². The maximum absolute atomic E-state index is 5.26. The van der Waals surface area contributed by atoms with Gasteiger partial charge in [-0.3, -0.25) is 0 Å². The van der Waals surface area contributed by atoms with Crippen LogP contribution >= 0.6 is 15.9 Å². The highest BCUT2D eigenvalue weighted by molar-refractivity contribution is 9.10. The van der Waals surface area contributed by atoms with Crippen LogP contribution < -0.4 is 9.47 Å². The van der Waals surface area contributed by atoms with Crippen LogP contribution in [0.1, 0.15) is 11.1 Å². The molecule has 126 valence electrons. The molecule has 25 heavy (non-hydrogen) atoms. The van der Waals surface area contributed by atoms with Crippen LogP contribution in [-0.2, 0) is 0 Å². The average molecular weight is 396 g/mol. The number of benzene rings is 3. The summed E-state index contributed by atoms with van der Waals surface area (Å²) in [4.78, 5) is 4.90. The zero-order valence-electron chi connectivity index (χ0n) is 14.1. The molecule has 0 atom stereocenters. The van der Waals surface area contributed by atoms with Gasteiger partial charge in [0.1, 0.15) is 11.5 Å². The Morgan fingerprint density at radius 1 is 0.720 bits per heavy atom. The van der Waals surface area contributed by atoms with E-state index in [9.17, 15) is 0 Å². The largest absolute Gasteiger partial charge is 0.497 e. The van der Waals surface area contributed by atoms with Gasteiger partial charge < -0.3 is 9.47 Å². The number of halogens is 1. The number of nitrogens with zero attached hydrogens (tertiary/aromatic N) is 1. The summed E-state index contributed by atoms with van der Waals surface area (Å²) in [6, 6.07) is 23.7. The lowest BCUT2D eigenvalue weighted by molar-refractivity contribution is 0.414. The van der Waals surface area contributed by atoms with Gasteiger partial charge in [0.15, 0.2) is 0 Å². The lowest BCUT2D eigenvalue weighted by Gasteiger charge is -2.10. The van der Waals surface area contributed by atoms with Gasteiger partial charge in [-0.15, -0.1) is 0 Å². The number of rotatable bonds is 5. The first kappa shape index (κ1) is 17.2. The molecule has 0 bridgehead atoms. The lowest BCUT2D eigenvalue weighted by Crippen LogP contribution is -2.03. The van der Waals surface area contributed by atoms with Crippen LogP contribution in [0.4, 0.5) is 5.69 Å². The molecule has 4 heteroatoms. The number of para-hydroxylation sites is 1. The van der Waals surface area contributed by atoms with Crippen molar-refractivity contribution in [1.82, 2.24) is 0 Å². The standard InChI is InChI=1S/C21H18BrNO2/c1-24-17-11-7-15(8-12-17)21(16-9-13-18(25-2)14-10-16)23-20-6-4-3-5-19(20)22/h3-14H,1-2H3. The van der Waals surface area contributed by atoms with Crippen LogP contribution in [0.15, 0.2) is 82.3 Å². The Morgan fingerprint density at radius 2 is 1.20 bits per heavy atom. The molecule has 0 saturated heterocycles. The van der Waals surface area contributed by atoms with Crippen molar-refractivity contribution in [3.05, 3.63) is 88.4 Å². The third-order valence-corrected chi connectivity index (χ3v) is 4.48. The smallest absolute Gasteiger partial charge is 0.118 e. The monoisotopic (exact) mass is 395 g/mol. The predicted molar refractivity (Wildman–Crippen MR) is 105 cm³/mol. The Kier molecular flexibility index (Phi) is 5.51. The minimum absolute atomic E-state index is 0.818. The third-order valence-electron chi connectivity index (χ3n) is 3.81. The van der Waals surface area contributed by atoms with Crippen molar-refractivity contribution in [3.8, 4) is 11.5 Å². The van der Waals surface area contributed by atoms with E-state index in [0.29, 0.717) is 0 Å². The summed E-state index contributed by atoms with van der Waals surface area (Å²) in [5, 5.41) is 0. The van der Waals surface area contributed by atoms with Crippen molar-refractivity contribution in [2.75, 3.05) is 14.2 Å². The molecule has 0 radical (unpaired) electrons. The summed E-state index contributed by atoms with van der Waals surface area (Å²) in [6.45, 7) is 0. The van der Waals surface area contributed by atoms with Crippen molar-refractivity contribution in [2.24, 2.45) is 4.99 Å². The molecule has 0 aliphatic heterocycles. The first-order chi connectivity index (χ1) is 12.2. The first-order valence-corrected chi connectivity index (χ1v) is 8.62. The van der Waals surface area contributed by atoms with Gasteiger partial charge in [0.2, 0.25) is 0 Å². The number of methoxy groups -OCH3 is 2. The summed E-state index contributed by atoms with van der Waals surface area (Å²) >= 11 is 3.57. The zero-order chi connectivity index (χ0) is 17.6. The van der Waals surface area contributed by atoms with Crippen LogP contribution in [0.25, 0.3) is 0 Å². The molecule has 0 fully saturated rings. The fourth-order valence-corrected chi connectivity index (χ4v) is 2.83. The number of hydrogen-bond donors (Lipinski definition) is 0. The van der Waals surface area contributed by atoms with Crippen LogP contribution in [0.5, 0.6) is 11.5 Å². The SMILES string of the molecule is COc1ccc(C(=Nc2ccccc2Br)c2ccc(OC)cc2)cc1. The molecule has 0 heterocycles. The molecule has 3 nitrogen and oxygen atoms in total. The number of hydrogen-bond acceptors (Lipinski definition) is 3. The molecule has 0 amide bonds. The normalized spacial score (nSPS) is 10.2. The van der Waals surface area contributed by atoms with Crippen molar-refractivity contribution < 1.29 is 9.47 Å². The molecule has 0 unspecified atom stereocenters. The van der Waals surface area contributed by atoms with Gasteiger partial charge in [-0.1, -0.05) is 12.1 Å². The predicted octanol–water partition coefficient (Wildman–Crippen LogP) is 5.64. The van der Waals surface area contributed by atoms with Gasteiger partial charge in [0.05, 0.1) is 25.6 Å². The van der Waals surface area contributed by atoms with E-state index in [1.165, 1.54) is 0 Å². The van der Waals surface area contributed by atoms with Gasteiger partial charge >= 0.3 is 0 Å². The topological polar surface area (TPSA) is 30.8 Å². The minimum atomic E-state index is 0.818. The Bertz CT molecular complexity index is 822. The molecular weight excluding hydrogens is 378 g/mol. The molecule has 0 aliphatic carbocycles. The average Bonchev–Trinajstić information content (AvgIpc) is 2.68. The first-order valence-electron chi connectivity index (χ1n) is 7.83. The van der Waals surface area contributed by atoms with Crippen LogP contribution in [-0.4, -0.2) is 19.9 Å². The third kappa shape index (κ3) is 4.09. The van der Waals surface area contributed by atoms with E-state index < -0.39 is 0 Å². The van der Waals surface area contributed by atoms with Crippen molar-refractivity contribution in [3.63, 3.8) is 0 Å². The summed E-state index contributed by atoms with van der Waals surface area (Å²) in [7, 11) is 3.32. The van der Waals surface area contributed by atoms with E-state index in [1.807, 2.05) is 72.8 Å². The fraction of sp³-hybridized carbons (Fsp3) is 0.0952. The van der Waals surface area contributed by atoms with E-state index in [4.69, 9.17) is 14.5 Å². The van der Waals surface area contributed by atoms with Crippen LogP contribution in [0.3, 0.4) is 0 Å². The maximum atomic E-state index is 5.26. The van der Waals surface area contributed by atoms with Gasteiger partial charge in [-0.25, -0.2) is 4.99 Å². The van der Waals surface area contributed by atoms with Gasteiger partial charge in [-0.05, 0) is 76.6 Å². The molecule has 0 spiro atoms. The van der Waals surface area contributed by atoms with Crippen LogP contribution in [0.2, 0.25) is 0 Å². The minimum Gasteiger partial charge on any atom is -0.497 e. The quantitative estimate of drug-likeness (QED) is 0.523. The summed E-state index contributed by atoms with van der Waals surface area (Å²) in [5.41, 5.74) is 3.80. The number of aliphatic imine (C=N–C) groups is 1. The highest BCUT2D eigenvalue weighted by Gasteiger charge is 2.09. The fourth-order valence-electron chi connectivity index (χ4n) is 2.46. The van der Waals surface area contributed by atoms with Crippen molar-refractivity contribution >= 4 is 27.3 Å². The van der Waals surface area contributed by atoms with E-state index in [-0.39, 0.29) is 0 Å². The Balaban J connectivity index is 2.11. The molecule has 3 rings (SSSR count). The van der Waals surface area contributed by atoms with E-state index in [1.54, 1.807) is 14.2 Å². The second kappa shape index (κ2) is 7.99. The summed E-state index contributed by atoms with van der Waals surface area (Å²) < 4.78 is 11.5. The second-order valence-electron chi connectivity index (χ2n) is 5.37. The molecule has 0 aliphatic rings. The Hall–Kier alpha value is -2.59. The van der Waals surface area contributed by atoms with E-state index in [2.05, 4.69) is 15.9 Å². The van der Waals surface area contributed by atoms with Gasteiger partial charge in [0.25, 0.3) is 0 Å². The molecule has 0 N–H and O–H groups in total. The molecular formula is C21H18BrNO2. The lowest BCUT2D eigenvalue weighted by atomic mass is 10.0. The van der Waals surface area contributed by atoms with Gasteiger partial charge in [0, 0.05) is 15.6 Å². The van der Waals surface area contributed by atoms with Crippen molar-refractivity contribution in [1.29, 1.82) is 0 Å². The molecule has 0 saturated carbocycles. The van der Waals surface area contributed by atoms with Crippen LogP contribution in [0, 0.1) is 0 Å². The molecule has 3 aromatic rings. The summed E-state index contributed by atoms with van der Waals surface area (Å²) in [6.07, 6.45) is 0. The number of ether oxygens (including phenoxy) is 2. The Morgan fingerprint density at radius 3 is 1.64 bits per heavy atom. The van der Waals surface area contributed by atoms with Crippen molar-refractivity contribution in [2.45, 2.75) is 0 Å². The Labute approximate surface area is 156 Å². The zero-order valence-corrected chi connectivity index (χ0v) is 15.7. The molecule has 3 aromatic carbocycles. The summed E-state index contributed by atoms with van der Waals surface area (Å²) in [5.74, 6) is 1.64. The second-order valence-corrected chi connectivity index (χ2v) is 6.22.